The minimum absolute atomic E-state index is 0.236. The first-order valence-corrected chi connectivity index (χ1v) is 8.00. The Labute approximate surface area is 105 Å². The highest BCUT2D eigenvalue weighted by molar-refractivity contribution is 7.92. The summed E-state index contributed by atoms with van der Waals surface area (Å²) in [4.78, 5) is 2.23. The fraction of sp³-hybridized carbons (Fsp3) is 1.00. The van der Waals surface area contributed by atoms with E-state index in [0.717, 1.165) is 13.0 Å². The maximum absolute atomic E-state index is 12.0. The zero-order chi connectivity index (χ0) is 13.3. The molecular formula is C12H26N2O2S. The molecule has 0 bridgehead atoms. The lowest BCUT2D eigenvalue weighted by Crippen LogP contribution is -2.42. The van der Waals surface area contributed by atoms with Gasteiger partial charge < -0.3 is 5.73 Å². The number of rotatable bonds is 4. The molecule has 0 aromatic carbocycles. The molecule has 2 atom stereocenters. The summed E-state index contributed by atoms with van der Waals surface area (Å²) in [5.41, 5.74) is 5.75. The molecule has 0 aromatic rings. The van der Waals surface area contributed by atoms with E-state index in [1.807, 2.05) is 0 Å². The van der Waals surface area contributed by atoms with Crippen LogP contribution in [0.5, 0.6) is 0 Å². The first kappa shape index (κ1) is 14.9. The van der Waals surface area contributed by atoms with E-state index in [0.29, 0.717) is 25.0 Å². The Kier molecular flexibility index (Phi) is 4.60. The number of hydrogen-bond acceptors (Lipinski definition) is 4. The molecule has 5 heteroatoms. The summed E-state index contributed by atoms with van der Waals surface area (Å²) in [6, 6.07) is 0.352. The predicted molar refractivity (Wildman–Crippen MR) is 71.7 cm³/mol. The third-order valence-electron chi connectivity index (χ3n) is 3.82. The molecule has 1 fully saturated rings. The first-order chi connectivity index (χ1) is 7.69. The van der Waals surface area contributed by atoms with Crippen molar-refractivity contribution >= 4 is 9.84 Å². The topological polar surface area (TPSA) is 63.4 Å². The Morgan fingerprint density at radius 2 is 1.94 bits per heavy atom. The SMILES string of the molecule is CC1CCN(CCS(=O)(=O)C(C)(C)C)C1CN. The van der Waals surface area contributed by atoms with Crippen molar-refractivity contribution < 1.29 is 8.42 Å². The van der Waals surface area contributed by atoms with Crippen LogP contribution in [0.4, 0.5) is 0 Å². The minimum Gasteiger partial charge on any atom is -0.329 e. The molecule has 0 amide bonds. The lowest BCUT2D eigenvalue weighted by atomic mass is 10.0. The summed E-state index contributed by atoms with van der Waals surface area (Å²) in [6.07, 6.45) is 1.12. The molecular weight excluding hydrogens is 236 g/mol. The molecule has 1 rings (SSSR count). The van der Waals surface area contributed by atoms with E-state index in [-0.39, 0.29) is 5.75 Å². The summed E-state index contributed by atoms with van der Waals surface area (Å²) in [5.74, 6) is 0.817. The number of nitrogens with zero attached hydrogens (tertiary/aromatic N) is 1. The number of sulfone groups is 1. The van der Waals surface area contributed by atoms with Gasteiger partial charge in [-0.05, 0) is 39.7 Å². The van der Waals surface area contributed by atoms with E-state index in [1.165, 1.54) is 0 Å². The van der Waals surface area contributed by atoms with Crippen molar-refractivity contribution in [1.29, 1.82) is 0 Å². The van der Waals surface area contributed by atoms with Crippen molar-refractivity contribution in [2.45, 2.75) is 44.9 Å². The van der Waals surface area contributed by atoms with Crippen molar-refractivity contribution in [3.63, 3.8) is 0 Å². The van der Waals surface area contributed by atoms with Crippen LogP contribution < -0.4 is 5.73 Å². The van der Waals surface area contributed by atoms with Crippen LogP contribution in [-0.2, 0) is 9.84 Å². The molecule has 4 nitrogen and oxygen atoms in total. The Morgan fingerprint density at radius 3 is 2.41 bits per heavy atom. The van der Waals surface area contributed by atoms with Gasteiger partial charge in [-0.15, -0.1) is 0 Å². The average Bonchev–Trinajstić information content (AvgIpc) is 2.54. The quantitative estimate of drug-likeness (QED) is 0.816. The second-order valence-electron chi connectivity index (χ2n) is 6.04. The lowest BCUT2D eigenvalue weighted by molar-refractivity contribution is 0.249. The predicted octanol–water partition coefficient (Wildman–Crippen LogP) is 0.869. The van der Waals surface area contributed by atoms with Crippen LogP contribution >= 0.6 is 0 Å². The molecule has 102 valence electrons. The van der Waals surface area contributed by atoms with Crippen molar-refractivity contribution in [2.24, 2.45) is 11.7 Å². The van der Waals surface area contributed by atoms with Gasteiger partial charge in [-0.1, -0.05) is 6.92 Å². The zero-order valence-corrected chi connectivity index (χ0v) is 12.3. The molecule has 0 aliphatic carbocycles. The highest BCUT2D eigenvalue weighted by Gasteiger charge is 2.33. The molecule has 0 radical (unpaired) electrons. The molecule has 1 heterocycles. The smallest absolute Gasteiger partial charge is 0.156 e. The highest BCUT2D eigenvalue weighted by atomic mass is 32.2. The summed E-state index contributed by atoms with van der Waals surface area (Å²) in [5, 5.41) is 0. The Hall–Kier alpha value is -0.130. The van der Waals surface area contributed by atoms with Crippen molar-refractivity contribution in [3.05, 3.63) is 0 Å². The van der Waals surface area contributed by atoms with Crippen LogP contribution in [0.1, 0.15) is 34.1 Å². The van der Waals surface area contributed by atoms with Gasteiger partial charge in [0.2, 0.25) is 0 Å². The van der Waals surface area contributed by atoms with Crippen LogP contribution in [0.15, 0.2) is 0 Å². The van der Waals surface area contributed by atoms with E-state index in [4.69, 9.17) is 5.73 Å². The first-order valence-electron chi connectivity index (χ1n) is 6.35. The second-order valence-corrected chi connectivity index (χ2v) is 8.90. The van der Waals surface area contributed by atoms with Gasteiger partial charge in [0, 0.05) is 19.1 Å². The zero-order valence-electron chi connectivity index (χ0n) is 11.4. The van der Waals surface area contributed by atoms with Crippen molar-refractivity contribution in [2.75, 3.05) is 25.4 Å². The number of likely N-dealkylation sites (tertiary alicyclic amines) is 1. The van der Waals surface area contributed by atoms with Gasteiger partial charge in [-0.2, -0.15) is 0 Å². The molecule has 0 aromatic heterocycles. The summed E-state index contributed by atoms with van der Waals surface area (Å²) in [6.45, 7) is 9.68. The molecule has 0 spiro atoms. The minimum atomic E-state index is -3.02. The van der Waals surface area contributed by atoms with Gasteiger partial charge in [-0.3, -0.25) is 4.90 Å². The van der Waals surface area contributed by atoms with E-state index >= 15 is 0 Å². The Bertz CT molecular complexity index is 346. The molecule has 17 heavy (non-hydrogen) atoms. The largest absolute Gasteiger partial charge is 0.329 e. The molecule has 2 N–H and O–H groups in total. The van der Waals surface area contributed by atoms with E-state index in [2.05, 4.69) is 11.8 Å². The molecule has 1 saturated heterocycles. The van der Waals surface area contributed by atoms with Gasteiger partial charge in [0.1, 0.15) is 0 Å². The normalized spacial score (nSPS) is 27.6. The standard InChI is InChI=1S/C12H26N2O2S/c1-10-5-6-14(11(10)9-13)7-8-17(15,16)12(2,3)4/h10-11H,5-9,13H2,1-4H3. The van der Waals surface area contributed by atoms with Crippen molar-refractivity contribution in [1.82, 2.24) is 4.90 Å². The maximum atomic E-state index is 12.0. The van der Waals surface area contributed by atoms with Crippen LogP contribution in [-0.4, -0.2) is 49.5 Å². The third kappa shape index (κ3) is 3.42. The van der Waals surface area contributed by atoms with Gasteiger partial charge >= 0.3 is 0 Å². The van der Waals surface area contributed by atoms with Gasteiger partial charge in [0.25, 0.3) is 0 Å². The van der Waals surface area contributed by atoms with Gasteiger partial charge in [0.15, 0.2) is 9.84 Å². The monoisotopic (exact) mass is 262 g/mol. The van der Waals surface area contributed by atoms with Crippen molar-refractivity contribution in [3.8, 4) is 0 Å². The van der Waals surface area contributed by atoms with Crippen LogP contribution in [0.3, 0.4) is 0 Å². The summed E-state index contributed by atoms with van der Waals surface area (Å²) in [7, 11) is -3.02. The van der Waals surface area contributed by atoms with E-state index in [1.54, 1.807) is 20.8 Å². The van der Waals surface area contributed by atoms with Gasteiger partial charge in [-0.25, -0.2) is 8.42 Å². The molecule has 0 saturated carbocycles. The number of hydrogen-bond donors (Lipinski definition) is 1. The maximum Gasteiger partial charge on any atom is 0.156 e. The molecule has 2 unspecified atom stereocenters. The van der Waals surface area contributed by atoms with E-state index < -0.39 is 14.6 Å². The fourth-order valence-electron chi connectivity index (χ4n) is 2.29. The van der Waals surface area contributed by atoms with Crippen LogP contribution in [0.25, 0.3) is 0 Å². The van der Waals surface area contributed by atoms with Gasteiger partial charge in [0.05, 0.1) is 10.5 Å². The summed E-state index contributed by atoms with van der Waals surface area (Å²) >= 11 is 0. The van der Waals surface area contributed by atoms with E-state index in [9.17, 15) is 8.42 Å². The highest BCUT2D eigenvalue weighted by Crippen LogP contribution is 2.24. The second kappa shape index (κ2) is 5.24. The third-order valence-corrected chi connectivity index (χ3v) is 6.41. The number of nitrogens with two attached hydrogens (primary N) is 1. The van der Waals surface area contributed by atoms with Crippen LogP contribution in [0.2, 0.25) is 0 Å². The lowest BCUT2D eigenvalue weighted by Gasteiger charge is -2.27. The fourth-order valence-corrected chi connectivity index (χ4v) is 3.38. The Morgan fingerprint density at radius 1 is 1.35 bits per heavy atom. The molecule has 1 aliphatic heterocycles. The Balaban J connectivity index is 2.58. The average molecular weight is 262 g/mol. The van der Waals surface area contributed by atoms with Crippen LogP contribution in [0, 0.1) is 5.92 Å². The summed E-state index contributed by atoms with van der Waals surface area (Å²) < 4.78 is 23.4. The molecule has 1 aliphatic rings.